The number of hydrogen-bond acceptors (Lipinski definition) is 3. The van der Waals surface area contributed by atoms with Crippen LogP contribution in [0.1, 0.15) is 10.5 Å². The number of benzene rings is 1. The number of hydrogen-bond donors (Lipinski definition) is 1. The number of rotatable bonds is 5. The van der Waals surface area contributed by atoms with Crippen molar-refractivity contribution in [3.8, 4) is 5.75 Å². The first-order chi connectivity index (χ1) is 11.1. The predicted octanol–water partition coefficient (Wildman–Crippen LogP) is 2.42. The maximum Gasteiger partial charge on any atom is 0.270 e. The van der Waals surface area contributed by atoms with Gasteiger partial charge in [0.25, 0.3) is 5.91 Å². The summed E-state index contributed by atoms with van der Waals surface area (Å²) in [7, 11) is 0. The van der Waals surface area contributed by atoms with E-state index in [1.54, 1.807) is 22.7 Å². The molecule has 0 bridgehead atoms. The molecule has 118 valence electrons. The van der Waals surface area contributed by atoms with Crippen LogP contribution in [0.3, 0.4) is 0 Å². The van der Waals surface area contributed by atoms with E-state index in [9.17, 15) is 13.6 Å². The summed E-state index contributed by atoms with van der Waals surface area (Å²) < 4.78 is 32.9. The van der Waals surface area contributed by atoms with Gasteiger partial charge in [-0.15, -0.1) is 0 Å². The molecule has 23 heavy (non-hydrogen) atoms. The van der Waals surface area contributed by atoms with Gasteiger partial charge in [0.2, 0.25) is 0 Å². The second kappa shape index (κ2) is 6.43. The molecule has 2 heterocycles. The van der Waals surface area contributed by atoms with Gasteiger partial charge in [0, 0.05) is 24.4 Å². The third-order valence-corrected chi connectivity index (χ3v) is 3.14. The molecule has 5 nitrogen and oxygen atoms in total. The first-order valence-electron chi connectivity index (χ1n) is 6.93. The van der Waals surface area contributed by atoms with E-state index in [0.29, 0.717) is 11.3 Å². The molecule has 0 fully saturated rings. The largest absolute Gasteiger partial charge is 0.492 e. The average molecular weight is 317 g/mol. The van der Waals surface area contributed by atoms with E-state index in [4.69, 9.17) is 4.74 Å². The Bertz CT molecular complexity index is 828. The van der Waals surface area contributed by atoms with Gasteiger partial charge in [0.05, 0.1) is 12.7 Å². The zero-order chi connectivity index (χ0) is 16.2. The molecule has 0 saturated carbocycles. The van der Waals surface area contributed by atoms with E-state index >= 15 is 0 Å². The van der Waals surface area contributed by atoms with Crippen molar-refractivity contribution < 1.29 is 18.3 Å². The fourth-order valence-electron chi connectivity index (χ4n) is 2.14. The van der Waals surface area contributed by atoms with E-state index in [1.807, 2.05) is 6.07 Å². The van der Waals surface area contributed by atoms with Crippen LogP contribution < -0.4 is 10.1 Å². The van der Waals surface area contributed by atoms with Crippen molar-refractivity contribution in [3.63, 3.8) is 0 Å². The zero-order valence-corrected chi connectivity index (χ0v) is 12.0. The molecule has 1 aromatic carbocycles. The molecule has 0 aliphatic rings. The van der Waals surface area contributed by atoms with Crippen molar-refractivity contribution in [1.82, 2.24) is 14.7 Å². The normalized spacial score (nSPS) is 10.7. The molecule has 3 aromatic rings. The first-order valence-corrected chi connectivity index (χ1v) is 6.93. The second-order valence-corrected chi connectivity index (χ2v) is 4.78. The molecule has 1 amide bonds. The molecule has 0 unspecified atom stereocenters. The smallest absolute Gasteiger partial charge is 0.270 e. The lowest BCUT2D eigenvalue weighted by Crippen LogP contribution is -2.29. The highest BCUT2D eigenvalue weighted by Gasteiger charge is 2.11. The highest BCUT2D eigenvalue weighted by molar-refractivity contribution is 5.93. The summed E-state index contributed by atoms with van der Waals surface area (Å²) in [6.45, 7) is 0.280. The molecule has 0 aliphatic carbocycles. The summed E-state index contributed by atoms with van der Waals surface area (Å²) in [4.78, 5) is 16.2. The Kier molecular flexibility index (Phi) is 4.18. The van der Waals surface area contributed by atoms with E-state index < -0.39 is 11.6 Å². The molecule has 1 N–H and O–H groups in total. The Morgan fingerprint density at radius 3 is 2.78 bits per heavy atom. The van der Waals surface area contributed by atoms with Crippen molar-refractivity contribution in [2.24, 2.45) is 0 Å². The number of imidazole rings is 1. The maximum atomic E-state index is 13.0. The van der Waals surface area contributed by atoms with Crippen LogP contribution in [0.2, 0.25) is 0 Å². The van der Waals surface area contributed by atoms with Gasteiger partial charge in [-0.2, -0.15) is 0 Å². The molecule has 0 atom stereocenters. The third kappa shape index (κ3) is 3.45. The first kappa shape index (κ1) is 15.0. The van der Waals surface area contributed by atoms with Gasteiger partial charge in [-0.1, -0.05) is 6.07 Å². The zero-order valence-electron chi connectivity index (χ0n) is 12.0. The standard InChI is InChI=1S/C16H13F2N3O2/c17-11-7-12(18)9-13(8-11)23-6-4-19-16(22)14-10-20-15-3-1-2-5-21(14)15/h1-3,5,7-10H,4,6H2,(H,19,22). The molecular weight excluding hydrogens is 304 g/mol. The minimum Gasteiger partial charge on any atom is -0.492 e. The van der Waals surface area contributed by atoms with Crippen molar-refractivity contribution in [2.45, 2.75) is 0 Å². The molecule has 7 heteroatoms. The van der Waals surface area contributed by atoms with Gasteiger partial charge in [0.15, 0.2) is 0 Å². The van der Waals surface area contributed by atoms with Gasteiger partial charge in [-0.25, -0.2) is 13.8 Å². The lowest BCUT2D eigenvalue weighted by Gasteiger charge is -2.08. The molecule has 3 rings (SSSR count). The Morgan fingerprint density at radius 2 is 2.00 bits per heavy atom. The van der Waals surface area contributed by atoms with Crippen LogP contribution in [0.4, 0.5) is 8.78 Å². The number of pyridine rings is 1. The maximum absolute atomic E-state index is 13.0. The Labute approximate surface area is 130 Å². The predicted molar refractivity (Wildman–Crippen MR) is 79.4 cm³/mol. The van der Waals surface area contributed by atoms with E-state index in [2.05, 4.69) is 10.3 Å². The van der Waals surface area contributed by atoms with Gasteiger partial charge < -0.3 is 10.1 Å². The number of amides is 1. The highest BCUT2D eigenvalue weighted by Crippen LogP contribution is 2.15. The number of nitrogens with one attached hydrogen (secondary N) is 1. The number of carbonyl (C=O) groups is 1. The van der Waals surface area contributed by atoms with Crippen LogP contribution in [-0.2, 0) is 0 Å². The summed E-state index contributed by atoms with van der Waals surface area (Å²) in [6.07, 6.45) is 3.22. The fraction of sp³-hybridized carbons (Fsp3) is 0.125. The molecule has 0 radical (unpaired) electrons. The van der Waals surface area contributed by atoms with Gasteiger partial charge in [-0.05, 0) is 12.1 Å². The molecule has 0 spiro atoms. The Morgan fingerprint density at radius 1 is 1.22 bits per heavy atom. The lowest BCUT2D eigenvalue weighted by atomic mass is 10.3. The van der Waals surface area contributed by atoms with Crippen LogP contribution in [0.5, 0.6) is 5.75 Å². The highest BCUT2D eigenvalue weighted by atomic mass is 19.1. The van der Waals surface area contributed by atoms with Crippen molar-refractivity contribution >= 4 is 11.6 Å². The van der Waals surface area contributed by atoms with Crippen LogP contribution >= 0.6 is 0 Å². The minimum atomic E-state index is -0.713. The SMILES string of the molecule is O=C(NCCOc1cc(F)cc(F)c1)c1cnc2ccccn12. The molecule has 0 aliphatic heterocycles. The summed E-state index contributed by atoms with van der Waals surface area (Å²) in [6, 6.07) is 8.34. The second-order valence-electron chi connectivity index (χ2n) is 4.78. The van der Waals surface area contributed by atoms with Crippen LogP contribution in [0, 0.1) is 11.6 Å². The summed E-state index contributed by atoms with van der Waals surface area (Å²) in [5.41, 5.74) is 1.07. The monoisotopic (exact) mass is 317 g/mol. The van der Waals surface area contributed by atoms with Crippen LogP contribution in [0.25, 0.3) is 5.65 Å². The number of halogens is 2. The van der Waals surface area contributed by atoms with Crippen LogP contribution in [-0.4, -0.2) is 28.4 Å². The average Bonchev–Trinajstić information content (AvgIpc) is 2.94. The summed E-state index contributed by atoms with van der Waals surface area (Å²) in [5.74, 6) is -1.66. The minimum absolute atomic E-state index is 0.0755. The van der Waals surface area contributed by atoms with E-state index in [1.165, 1.54) is 6.20 Å². The topological polar surface area (TPSA) is 55.6 Å². The van der Waals surface area contributed by atoms with Crippen molar-refractivity contribution in [2.75, 3.05) is 13.2 Å². The van der Waals surface area contributed by atoms with Gasteiger partial charge >= 0.3 is 0 Å². The van der Waals surface area contributed by atoms with Crippen molar-refractivity contribution in [1.29, 1.82) is 0 Å². The summed E-state index contributed by atoms with van der Waals surface area (Å²) >= 11 is 0. The molecule has 2 aromatic heterocycles. The Balaban J connectivity index is 1.55. The summed E-state index contributed by atoms with van der Waals surface area (Å²) in [5, 5.41) is 2.66. The molecular formula is C16H13F2N3O2. The third-order valence-electron chi connectivity index (χ3n) is 3.14. The fourth-order valence-corrected chi connectivity index (χ4v) is 2.14. The Hall–Kier alpha value is -2.96. The van der Waals surface area contributed by atoms with Crippen molar-refractivity contribution in [3.05, 3.63) is 66.1 Å². The quantitative estimate of drug-likeness (QED) is 0.735. The number of aromatic nitrogens is 2. The van der Waals surface area contributed by atoms with E-state index in [0.717, 1.165) is 18.2 Å². The van der Waals surface area contributed by atoms with Gasteiger partial charge in [0.1, 0.15) is 35.3 Å². The molecule has 0 saturated heterocycles. The lowest BCUT2D eigenvalue weighted by molar-refractivity contribution is 0.0941. The van der Waals surface area contributed by atoms with Crippen LogP contribution in [0.15, 0.2) is 48.8 Å². The number of nitrogens with zero attached hydrogens (tertiary/aromatic N) is 2. The number of carbonyl (C=O) groups excluding carboxylic acids is 1. The van der Waals surface area contributed by atoms with E-state index in [-0.39, 0.29) is 24.8 Å². The van der Waals surface area contributed by atoms with Gasteiger partial charge in [-0.3, -0.25) is 9.20 Å². The number of ether oxygens (including phenoxy) is 1. The number of fused-ring (bicyclic) bond motifs is 1.